The molecular weight excluding hydrogens is 1610 g/mol. The first-order valence-corrected chi connectivity index (χ1v) is 43.9. The Labute approximate surface area is 728 Å². The summed E-state index contributed by atoms with van der Waals surface area (Å²) in [4.78, 5) is 117. The standard InChI is InChI=1S/C88H140N10O26/c1-15-18-23-60(17-3)65-49-72(101)98(85(65)109)34-37-116-40-43-118-44-45-119-46-47-120-54-63-51-96(93-92-63)33-36-115-39-42-117-41-38-114-35-31-89-71(100)30-28-64-48-66-68(123-87-80(106)79(105)78(104)70(52-99)124-87)29-27-62(82(66)122-64)53-121-88(111)95(12)75(56(6)7)84(108)91-74(55(4)5)86(110)94(11)76(57(8)16-2)69(112-13)50-73(102)97-32-22-26-67(97)81(113-14)58(9)83(107)90-59(10)77(103)61-24-20-19-21-25-61/h19-21,24-25,27,29,48,51,55-60,65,67,69-70,74-81,87,99,103-106H,15-18,22-23,26,28,30-47,49-50,52-54H2,1-14H3,(H,89,100)(H,90,107)(H,91,108)/t57-,58+,59+,60?,65?,67-,69+,70+,74-,75-,76-,77+,78-,79-,80+,81+,87+/m0/s1. The van der Waals surface area contributed by atoms with Crippen LogP contribution in [0.5, 0.6) is 5.75 Å². The molecule has 0 radical (unpaired) electrons. The Bertz CT molecular complexity index is 3870. The largest absolute Gasteiger partial charge is 0.461 e. The highest BCUT2D eigenvalue weighted by atomic mass is 16.7. The van der Waals surface area contributed by atoms with Crippen molar-refractivity contribution in [2.75, 3.05) is 140 Å². The smallest absolute Gasteiger partial charge is 0.410 e. The molecule has 4 aromatic rings. The number of nitrogens with one attached hydrogen (secondary N) is 3. The molecule has 0 aliphatic carbocycles. The van der Waals surface area contributed by atoms with E-state index < -0.39 is 128 Å². The molecule has 0 spiro atoms. The average Bonchev–Trinajstić information content (AvgIpc) is 1.54. The minimum atomic E-state index is -1.76. The number of carbonyl (C=O) groups excluding carboxylic acids is 8. The van der Waals surface area contributed by atoms with Crippen molar-refractivity contribution in [3.63, 3.8) is 0 Å². The molecule has 17 atom stereocenters. The molecule has 0 saturated carbocycles. The van der Waals surface area contributed by atoms with Gasteiger partial charge in [-0.2, -0.15) is 0 Å². The number of amides is 8. The van der Waals surface area contributed by atoms with Crippen molar-refractivity contribution in [2.24, 2.45) is 35.5 Å². The van der Waals surface area contributed by atoms with E-state index in [0.717, 1.165) is 30.6 Å². The quantitative estimate of drug-likeness (QED) is 0.0212. The summed E-state index contributed by atoms with van der Waals surface area (Å²) in [5.74, 6) is -3.69. The molecular formula is C88H140N10O26. The number of rotatable bonds is 59. The molecule has 36 nitrogen and oxygen atoms in total. The fourth-order valence-corrected chi connectivity index (χ4v) is 16.0. The van der Waals surface area contributed by atoms with Gasteiger partial charge in [0.1, 0.15) is 65.9 Å². The first kappa shape index (κ1) is 103. The van der Waals surface area contributed by atoms with Crippen molar-refractivity contribution in [2.45, 2.75) is 239 Å². The minimum Gasteiger partial charge on any atom is -0.461 e. The van der Waals surface area contributed by atoms with Gasteiger partial charge in [-0.05, 0) is 73.6 Å². The number of aromatic nitrogens is 3. The number of likely N-dealkylation sites (tertiary alicyclic amines) is 2. The lowest BCUT2D eigenvalue weighted by atomic mass is 9.85. The molecule has 2 aromatic heterocycles. The van der Waals surface area contributed by atoms with Gasteiger partial charge in [-0.3, -0.25) is 43.4 Å². The topological polar surface area (TPSA) is 441 Å². The summed E-state index contributed by atoms with van der Waals surface area (Å²) in [6, 6.07) is 9.62. The van der Waals surface area contributed by atoms with Gasteiger partial charge in [-0.1, -0.05) is 124 Å². The van der Waals surface area contributed by atoms with Crippen LogP contribution in [-0.2, 0) is 112 Å². The van der Waals surface area contributed by atoms with Crippen LogP contribution in [0.2, 0.25) is 0 Å². The Morgan fingerprint density at radius 2 is 1.36 bits per heavy atom. The van der Waals surface area contributed by atoms with Crippen molar-refractivity contribution in [3.05, 3.63) is 77.3 Å². The van der Waals surface area contributed by atoms with Crippen molar-refractivity contribution < 1.29 is 125 Å². The number of aliphatic hydroxyl groups excluding tert-OH is 5. The number of imide groups is 1. The molecule has 3 aliphatic rings. The SMILES string of the molecule is CCCCC(CC)C1CC(=O)N(CCOCCOCCOCCOCc2cn(CCOCCOCCOCCNC(=O)CCc3cc4c(O[C@@H]5O[C@H](CO)[C@H](O)[C@H](O)[C@H]5O)ccc(COC(=O)N(C)[C@H](C(=O)N[C@H](C(=O)N(C)[C@@H]([C@@H](C)CC)[C@@H](CC(=O)N5CCC[C@H]5[C@H](OC)[C@@H](C)C(=O)N[C@H](C)[C@@H](O)c5ccccc5)OC)C(C)C)C(C)C)c4o3)nn2)C1=O. The first-order chi connectivity index (χ1) is 59.5. The minimum absolute atomic E-state index is 0.0321. The Kier molecular flexibility index (Phi) is 44.6. The lowest BCUT2D eigenvalue weighted by Gasteiger charge is -2.41. The number of nitrogens with zero attached hydrogens (tertiary/aromatic N) is 7. The maximum Gasteiger partial charge on any atom is 0.410 e. The summed E-state index contributed by atoms with van der Waals surface area (Å²) >= 11 is 0. The van der Waals surface area contributed by atoms with E-state index in [9.17, 15) is 59.1 Å². The molecule has 2 aromatic carbocycles. The van der Waals surface area contributed by atoms with Gasteiger partial charge in [0.05, 0.1) is 178 Å². The van der Waals surface area contributed by atoms with Crippen molar-refractivity contribution in [1.29, 1.82) is 0 Å². The number of unbranched alkanes of at least 4 members (excludes halogenated alkanes) is 1. The van der Waals surface area contributed by atoms with E-state index in [4.69, 9.17) is 61.3 Å². The second-order valence-electron chi connectivity index (χ2n) is 32.9. The Hall–Kier alpha value is -7.92. The summed E-state index contributed by atoms with van der Waals surface area (Å²) < 4.78 is 77.3. The first-order valence-electron chi connectivity index (χ1n) is 43.9. The van der Waals surface area contributed by atoms with Crippen LogP contribution in [0, 0.1) is 35.5 Å². The molecule has 698 valence electrons. The Balaban J connectivity index is 0.819. The molecule has 3 fully saturated rings. The fraction of sp³-hybridized carbons (Fsp3) is 0.727. The summed E-state index contributed by atoms with van der Waals surface area (Å²) in [7, 11) is 6.03. The Morgan fingerprint density at radius 1 is 0.718 bits per heavy atom. The van der Waals surface area contributed by atoms with E-state index >= 15 is 4.79 Å². The number of carbonyl (C=O) groups is 8. The van der Waals surface area contributed by atoms with Crippen molar-refractivity contribution in [3.8, 4) is 5.75 Å². The number of ether oxygens (including phenoxy) is 12. The van der Waals surface area contributed by atoms with Crippen LogP contribution < -0.4 is 20.7 Å². The lowest BCUT2D eigenvalue weighted by Crippen LogP contribution is -2.60. The van der Waals surface area contributed by atoms with Gasteiger partial charge in [-0.25, -0.2) is 9.48 Å². The second-order valence-corrected chi connectivity index (χ2v) is 32.9. The highest BCUT2D eigenvalue weighted by Gasteiger charge is 2.48. The van der Waals surface area contributed by atoms with Gasteiger partial charge < -0.3 is 113 Å². The summed E-state index contributed by atoms with van der Waals surface area (Å²) in [6.07, 6.45) is -3.57. The third-order valence-corrected chi connectivity index (χ3v) is 23.4. The predicted molar refractivity (Wildman–Crippen MR) is 453 cm³/mol. The van der Waals surface area contributed by atoms with Crippen molar-refractivity contribution in [1.82, 2.24) is 50.5 Å². The molecule has 8 N–H and O–H groups in total. The molecule has 5 heterocycles. The van der Waals surface area contributed by atoms with Crippen LogP contribution in [0.25, 0.3) is 11.0 Å². The van der Waals surface area contributed by atoms with Crippen LogP contribution >= 0.6 is 0 Å². The van der Waals surface area contributed by atoms with E-state index in [-0.39, 0.29) is 129 Å². The summed E-state index contributed by atoms with van der Waals surface area (Å²) in [6.45, 7) is 23.4. The average molecular weight is 1750 g/mol. The molecule has 124 heavy (non-hydrogen) atoms. The van der Waals surface area contributed by atoms with Gasteiger partial charge >= 0.3 is 6.09 Å². The van der Waals surface area contributed by atoms with E-state index in [2.05, 4.69) is 40.1 Å². The molecule has 8 amide bonds. The van der Waals surface area contributed by atoms with Gasteiger partial charge in [0, 0.05) is 66.2 Å². The zero-order chi connectivity index (χ0) is 90.5. The van der Waals surface area contributed by atoms with Crippen LogP contribution in [0.4, 0.5) is 4.79 Å². The summed E-state index contributed by atoms with van der Waals surface area (Å²) in [5.41, 5.74) is 1.78. The zero-order valence-electron chi connectivity index (χ0n) is 75.0. The molecule has 36 heteroatoms. The van der Waals surface area contributed by atoms with Crippen LogP contribution in [0.3, 0.4) is 0 Å². The Morgan fingerprint density at radius 3 is 1.98 bits per heavy atom. The van der Waals surface area contributed by atoms with E-state index in [1.807, 2.05) is 32.0 Å². The predicted octanol–water partition coefficient (Wildman–Crippen LogP) is 5.05. The van der Waals surface area contributed by atoms with Crippen LogP contribution in [0.15, 0.2) is 59.1 Å². The number of methoxy groups -OCH3 is 2. The monoisotopic (exact) mass is 1750 g/mol. The highest BCUT2D eigenvalue weighted by Crippen LogP contribution is 2.37. The van der Waals surface area contributed by atoms with Gasteiger partial charge in [0.15, 0.2) is 0 Å². The third kappa shape index (κ3) is 30.4. The van der Waals surface area contributed by atoms with E-state index in [0.29, 0.717) is 121 Å². The number of likely N-dealkylation sites (N-methyl/N-ethyl adjacent to an activating group) is 2. The number of aliphatic hydroxyl groups is 5. The number of fused-ring (bicyclic) bond motifs is 1. The molecule has 7 rings (SSSR count). The van der Waals surface area contributed by atoms with Crippen molar-refractivity contribution >= 4 is 58.4 Å². The molecule has 3 aliphatic heterocycles. The summed E-state index contributed by atoms with van der Waals surface area (Å²) in [5, 5.41) is 70.3. The second kappa shape index (κ2) is 53.7. The van der Waals surface area contributed by atoms with Gasteiger partial charge in [0.25, 0.3) is 0 Å². The van der Waals surface area contributed by atoms with E-state index in [1.54, 1.807) is 82.6 Å². The number of hydrogen-bond donors (Lipinski definition) is 8. The maximum absolute atomic E-state index is 15.0. The normalized spacial score (nSPS) is 20.5. The fourth-order valence-electron chi connectivity index (χ4n) is 16.0. The zero-order valence-corrected chi connectivity index (χ0v) is 75.0. The number of benzene rings is 2. The van der Waals surface area contributed by atoms with Crippen LogP contribution in [-0.4, -0.2) is 321 Å². The number of hydrogen-bond acceptors (Lipinski definition) is 28. The van der Waals surface area contributed by atoms with E-state index in [1.165, 1.54) is 43.2 Å². The number of aryl methyl sites for hydroxylation is 1. The third-order valence-electron chi connectivity index (χ3n) is 23.4. The maximum atomic E-state index is 15.0. The van der Waals surface area contributed by atoms with Gasteiger partial charge in [-0.15, -0.1) is 5.10 Å². The molecule has 0 bridgehead atoms. The number of furan rings is 1. The molecule has 3 saturated heterocycles. The molecule has 2 unspecified atom stereocenters. The highest BCUT2D eigenvalue weighted by molar-refractivity contribution is 6.03. The lowest BCUT2D eigenvalue weighted by molar-refractivity contribution is -0.277. The van der Waals surface area contributed by atoms with Gasteiger partial charge in [0.2, 0.25) is 47.6 Å². The van der Waals surface area contributed by atoms with Crippen LogP contribution in [0.1, 0.15) is 162 Å².